The predicted molar refractivity (Wildman–Crippen MR) is 118 cm³/mol. The summed E-state index contributed by atoms with van der Waals surface area (Å²) in [7, 11) is 0. The summed E-state index contributed by atoms with van der Waals surface area (Å²) in [5.74, 6) is -3.01. The van der Waals surface area contributed by atoms with Crippen LogP contribution in [0.2, 0.25) is 0 Å². The molecule has 33 heavy (non-hydrogen) atoms. The third-order valence-electron chi connectivity index (χ3n) is 5.04. The molecule has 0 unspecified atom stereocenters. The Balaban J connectivity index is 1.48. The van der Waals surface area contributed by atoms with E-state index in [1.807, 2.05) is 0 Å². The van der Waals surface area contributed by atoms with Crippen molar-refractivity contribution in [1.29, 1.82) is 0 Å². The number of unbranched alkanes of at least 4 members (excludes halogenated alkanes) is 1. The van der Waals surface area contributed by atoms with E-state index in [0.717, 1.165) is 24.2 Å². The van der Waals surface area contributed by atoms with Gasteiger partial charge < -0.3 is 26.2 Å². The van der Waals surface area contributed by atoms with E-state index in [2.05, 4.69) is 25.3 Å². The molecule has 12 heteroatoms. The number of hydrogen-bond donors (Lipinski definition) is 6. The number of carboxylic acids is 2. The molecule has 0 saturated heterocycles. The molecule has 0 aliphatic carbocycles. The molecule has 12 nitrogen and oxygen atoms in total. The maximum atomic E-state index is 12.2. The monoisotopic (exact) mass is 456 g/mol. The number of nitrogen functional groups attached to an aromatic ring is 1. The number of carbonyl (C=O) groups is 3. The highest BCUT2D eigenvalue weighted by Crippen LogP contribution is 2.13. The largest absolute Gasteiger partial charge is 0.481 e. The van der Waals surface area contributed by atoms with Gasteiger partial charge in [-0.05, 0) is 50.3 Å². The van der Waals surface area contributed by atoms with Gasteiger partial charge in [-0.1, -0.05) is 0 Å². The number of carboxylic acid groups (broad SMARTS) is 2. The van der Waals surface area contributed by atoms with Gasteiger partial charge in [0.15, 0.2) is 0 Å². The maximum absolute atomic E-state index is 12.2. The molecular formula is C21H24N6O6. The Hall–Kier alpha value is -4.22. The zero-order chi connectivity index (χ0) is 24.0. The lowest BCUT2D eigenvalue weighted by Gasteiger charge is -2.13. The number of anilines is 1. The molecule has 1 amide bonds. The minimum absolute atomic E-state index is 0.0582. The number of nitrogens with one attached hydrogen (secondary N) is 3. The molecule has 3 rings (SSSR count). The van der Waals surface area contributed by atoms with Gasteiger partial charge in [0.1, 0.15) is 11.7 Å². The summed E-state index contributed by atoms with van der Waals surface area (Å²) in [4.78, 5) is 59.8. The van der Waals surface area contributed by atoms with Crippen molar-refractivity contribution in [2.75, 3.05) is 5.73 Å². The van der Waals surface area contributed by atoms with Gasteiger partial charge in [0.2, 0.25) is 5.95 Å². The van der Waals surface area contributed by atoms with Crippen LogP contribution >= 0.6 is 0 Å². The summed E-state index contributed by atoms with van der Waals surface area (Å²) >= 11 is 0. The quantitative estimate of drug-likeness (QED) is 0.226. The zero-order valence-corrected chi connectivity index (χ0v) is 17.6. The topological polar surface area (TPSA) is 204 Å². The van der Waals surface area contributed by atoms with Crippen molar-refractivity contribution < 1.29 is 24.6 Å². The van der Waals surface area contributed by atoms with Crippen molar-refractivity contribution in [1.82, 2.24) is 25.3 Å². The molecule has 7 N–H and O–H groups in total. The average Bonchev–Trinajstić information content (AvgIpc) is 3.17. The van der Waals surface area contributed by atoms with Crippen LogP contribution in [-0.2, 0) is 22.4 Å². The normalized spacial score (nSPS) is 11.9. The summed E-state index contributed by atoms with van der Waals surface area (Å²) in [5.41, 5.74) is 7.55. The van der Waals surface area contributed by atoms with Gasteiger partial charge in [-0.3, -0.25) is 24.4 Å². The second-order valence-electron chi connectivity index (χ2n) is 7.55. The van der Waals surface area contributed by atoms with Crippen LogP contribution in [0.25, 0.3) is 11.0 Å². The molecule has 0 aliphatic rings. The van der Waals surface area contributed by atoms with E-state index in [1.165, 1.54) is 6.20 Å². The molecule has 0 aliphatic heterocycles. The highest BCUT2D eigenvalue weighted by molar-refractivity contribution is 5.96. The van der Waals surface area contributed by atoms with Crippen LogP contribution in [0.4, 0.5) is 5.95 Å². The van der Waals surface area contributed by atoms with Crippen LogP contribution in [0.1, 0.15) is 47.4 Å². The number of amides is 1. The minimum Gasteiger partial charge on any atom is -0.481 e. The first-order valence-corrected chi connectivity index (χ1v) is 10.3. The fraction of sp³-hybridized carbons (Fsp3) is 0.333. The van der Waals surface area contributed by atoms with Gasteiger partial charge in [-0.2, -0.15) is 4.98 Å². The first-order valence-electron chi connectivity index (χ1n) is 10.3. The Labute approximate surface area is 187 Å². The van der Waals surface area contributed by atoms with Crippen LogP contribution in [-0.4, -0.2) is 54.0 Å². The molecule has 0 spiro atoms. The van der Waals surface area contributed by atoms with Crippen LogP contribution in [0.15, 0.2) is 29.2 Å². The molecule has 0 aromatic carbocycles. The number of rotatable bonds is 11. The molecule has 0 saturated carbocycles. The highest BCUT2D eigenvalue weighted by atomic mass is 16.4. The number of hydrogen-bond acceptors (Lipinski definition) is 7. The number of pyridine rings is 1. The average molecular weight is 456 g/mol. The van der Waals surface area contributed by atoms with Gasteiger partial charge in [0, 0.05) is 24.0 Å². The van der Waals surface area contributed by atoms with Crippen molar-refractivity contribution >= 4 is 34.8 Å². The Morgan fingerprint density at radius 3 is 2.55 bits per heavy atom. The Morgan fingerprint density at radius 2 is 1.88 bits per heavy atom. The molecule has 0 fully saturated rings. The third kappa shape index (κ3) is 6.38. The number of H-pyrrole nitrogens is 2. The highest BCUT2D eigenvalue weighted by Gasteiger charge is 2.21. The fourth-order valence-corrected chi connectivity index (χ4v) is 3.32. The second kappa shape index (κ2) is 10.4. The van der Waals surface area contributed by atoms with E-state index in [0.29, 0.717) is 23.9 Å². The van der Waals surface area contributed by atoms with Crippen LogP contribution in [0.5, 0.6) is 0 Å². The number of aryl methyl sites for hydroxylation is 2. The predicted octanol–water partition coefficient (Wildman–Crippen LogP) is 0.842. The smallest absolute Gasteiger partial charge is 0.326 e. The Morgan fingerprint density at radius 1 is 1.12 bits per heavy atom. The maximum Gasteiger partial charge on any atom is 0.326 e. The van der Waals surface area contributed by atoms with Crippen LogP contribution < -0.4 is 16.6 Å². The summed E-state index contributed by atoms with van der Waals surface area (Å²) in [6.07, 6.45) is 3.81. The number of nitrogens with two attached hydrogens (primary N) is 1. The first kappa shape index (κ1) is 23.4. The molecule has 0 bridgehead atoms. The first-order chi connectivity index (χ1) is 15.7. The lowest BCUT2D eigenvalue weighted by molar-refractivity contribution is -0.140. The number of aromatic nitrogens is 4. The van der Waals surface area contributed by atoms with Crippen LogP contribution in [0.3, 0.4) is 0 Å². The molecule has 3 aromatic rings. The molecule has 174 valence electrons. The minimum atomic E-state index is -1.30. The SMILES string of the molecule is Nc1nc2[nH]c(CCCCc3ccc(C(=O)N[C@@H](CCC(=O)O)C(=O)O)cn3)cc2c(=O)[nH]1. The molecule has 3 heterocycles. The zero-order valence-electron chi connectivity index (χ0n) is 17.6. The van der Waals surface area contributed by atoms with E-state index < -0.39 is 23.9 Å². The lowest BCUT2D eigenvalue weighted by atomic mass is 10.1. The number of aromatic amines is 2. The second-order valence-corrected chi connectivity index (χ2v) is 7.55. The van der Waals surface area contributed by atoms with E-state index in [4.69, 9.17) is 15.9 Å². The van der Waals surface area contributed by atoms with E-state index in [9.17, 15) is 19.2 Å². The third-order valence-corrected chi connectivity index (χ3v) is 5.04. The summed E-state index contributed by atoms with van der Waals surface area (Å²) < 4.78 is 0. The van der Waals surface area contributed by atoms with Crippen molar-refractivity contribution in [3.63, 3.8) is 0 Å². The molecular weight excluding hydrogens is 432 g/mol. The summed E-state index contributed by atoms with van der Waals surface area (Å²) in [5, 5.41) is 20.6. The van der Waals surface area contributed by atoms with Gasteiger partial charge in [0.05, 0.1) is 10.9 Å². The lowest BCUT2D eigenvalue weighted by Crippen LogP contribution is -2.41. The molecule has 0 radical (unpaired) electrons. The van der Waals surface area contributed by atoms with Gasteiger partial charge in [-0.25, -0.2) is 4.79 Å². The standard InChI is InChI=1S/C21H24N6O6/c22-21-26-17-14(19(31)27-21)9-13(24-17)4-2-1-3-12-6-5-11(10-23-12)18(30)25-15(20(32)33)7-8-16(28)29/h5-6,9-10,15H,1-4,7-8H2,(H,25,30)(H,28,29)(H,32,33)(H4,22,24,26,27,31)/t15-/m0/s1. The van der Waals surface area contributed by atoms with Gasteiger partial charge in [-0.15, -0.1) is 0 Å². The van der Waals surface area contributed by atoms with Gasteiger partial charge in [0.25, 0.3) is 11.5 Å². The van der Waals surface area contributed by atoms with Crippen molar-refractivity contribution in [2.45, 2.75) is 44.6 Å². The van der Waals surface area contributed by atoms with Gasteiger partial charge >= 0.3 is 11.9 Å². The Kier molecular flexibility index (Phi) is 7.38. The number of aliphatic carboxylic acids is 2. The summed E-state index contributed by atoms with van der Waals surface area (Å²) in [6.45, 7) is 0. The summed E-state index contributed by atoms with van der Waals surface area (Å²) in [6, 6.07) is 3.71. The van der Waals surface area contributed by atoms with E-state index in [-0.39, 0.29) is 29.9 Å². The molecule has 3 aromatic heterocycles. The number of nitrogens with zero attached hydrogens (tertiary/aromatic N) is 2. The van der Waals surface area contributed by atoms with E-state index >= 15 is 0 Å². The Bertz CT molecular complexity index is 1220. The van der Waals surface area contributed by atoms with Crippen molar-refractivity contribution in [3.05, 3.63) is 51.7 Å². The van der Waals surface area contributed by atoms with Crippen molar-refractivity contribution in [2.24, 2.45) is 0 Å². The van der Waals surface area contributed by atoms with E-state index in [1.54, 1.807) is 18.2 Å². The van der Waals surface area contributed by atoms with Crippen molar-refractivity contribution in [3.8, 4) is 0 Å². The fourth-order valence-electron chi connectivity index (χ4n) is 3.32. The number of fused-ring (bicyclic) bond motifs is 1. The molecule has 1 atom stereocenters. The number of carbonyl (C=O) groups excluding carboxylic acids is 1. The van der Waals surface area contributed by atoms with Crippen LogP contribution in [0, 0.1) is 0 Å².